The molecule has 5 heteroatoms. The molecule has 5 nitrogen and oxygen atoms in total. The lowest BCUT2D eigenvalue weighted by molar-refractivity contribution is -0.150. The molecule has 1 aliphatic rings. The minimum absolute atomic E-state index is 0.0885. The third-order valence-electron chi connectivity index (χ3n) is 13.3. The smallest absolute Gasteiger partial charge is 0.308 e. The molecule has 0 N–H and O–H groups in total. The van der Waals surface area contributed by atoms with Crippen LogP contribution < -0.4 is 0 Å². The van der Waals surface area contributed by atoms with Crippen molar-refractivity contribution in [2.45, 2.75) is 286 Å². The van der Waals surface area contributed by atoms with E-state index in [1.165, 1.54) is 219 Å². The Bertz CT molecular complexity index is 800. The van der Waals surface area contributed by atoms with Gasteiger partial charge in [0.15, 0.2) is 0 Å². The molecule has 0 spiro atoms. The average Bonchev–Trinajstić information content (AvgIpc) is 3.26. The van der Waals surface area contributed by atoms with Crippen LogP contribution in [0.2, 0.25) is 0 Å². The fraction of sp³-hybridized carbons (Fsp3) is 0.964. The van der Waals surface area contributed by atoms with Gasteiger partial charge in [0.2, 0.25) is 0 Å². The largest absolute Gasteiger partial charge is 0.465 e. The lowest BCUT2D eigenvalue weighted by Gasteiger charge is -2.38. The fourth-order valence-electron chi connectivity index (χ4n) is 9.50. The van der Waals surface area contributed by atoms with Gasteiger partial charge in [-0.15, -0.1) is 0 Å². The maximum absolute atomic E-state index is 13.1. The molecule has 1 saturated heterocycles. The summed E-state index contributed by atoms with van der Waals surface area (Å²) in [5, 5.41) is 0. The number of likely N-dealkylation sites (tertiary alicyclic amines) is 1. The highest BCUT2D eigenvalue weighted by atomic mass is 16.5. The van der Waals surface area contributed by atoms with Crippen molar-refractivity contribution in [1.29, 1.82) is 0 Å². The van der Waals surface area contributed by atoms with Crippen LogP contribution in [0.5, 0.6) is 0 Å². The molecule has 0 radical (unpaired) electrons. The highest BCUT2D eigenvalue weighted by molar-refractivity contribution is 5.72. The van der Waals surface area contributed by atoms with Crippen LogP contribution in [0.1, 0.15) is 286 Å². The quantitative estimate of drug-likeness (QED) is 0.0452. The molecule has 1 rings (SSSR count). The van der Waals surface area contributed by atoms with Crippen LogP contribution >= 0.6 is 0 Å². The zero-order chi connectivity index (χ0) is 44.2. The SMILES string of the molecule is CC.CCCCCCCC(CCCCCCC)C(=O)OCCCCCCC1CC(CCCCCCOC(=O)C(CCCCCCC)CCCCCCC)CN(CCCC)C1. The monoisotopic (exact) mass is 848 g/mol. The number of carbonyl (C=O) groups is 2. The maximum atomic E-state index is 13.1. The molecule has 0 aromatic rings. The van der Waals surface area contributed by atoms with Crippen LogP contribution in [-0.4, -0.2) is 49.7 Å². The van der Waals surface area contributed by atoms with E-state index in [4.69, 9.17) is 9.47 Å². The summed E-state index contributed by atoms with van der Waals surface area (Å²) in [5.74, 6) is 2.07. The van der Waals surface area contributed by atoms with Crippen molar-refractivity contribution >= 4 is 11.9 Å². The normalized spacial score (nSPS) is 15.7. The number of hydrogen-bond donors (Lipinski definition) is 0. The summed E-state index contributed by atoms with van der Waals surface area (Å²) in [6.07, 6.45) is 45.5. The van der Waals surface area contributed by atoms with Crippen molar-refractivity contribution in [2.24, 2.45) is 23.7 Å². The van der Waals surface area contributed by atoms with E-state index in [2.05, 4.69) is 39.5 Å². The Morgan fingerprint density at radius 1 is 0.417 bits per heavy atom. The number of nitrogens with zero attached hydrogens (tertiary/aromatic N) is 1. The van der Waals surface area contributed by atoms with Gasteiger partial charge in [-0.1, -0.05) is 222 Å². The van der Waals surface area contributed by atoms with Gasteiger partial charge in [0, 0.05) is 13.1 Å². The summed E-state index contributed by atoms with van der Waals surface area (Å²) in [6, 6.07) is 0. The number of ether oxygens (including phenoxy) is 2. The van der Waals surface area contributed by atoms with Gasteiger partial charge in [0.25, 0.3) is 0 Å². The Kier molecular flexibility index (Phi) is 45.1. The van der Waals surface area contributed by atoms with Gasteiger partial charge < -0.3 is 14.4 Å². The summed E-state index contributed by atoms with van der Waals surface area (Å²) in [4.78, 5) is 28.9. The van der Waals surface area contributed by atoms with E-state index in [1.54, 1.807) is 0 Å². The average molecular weight is 848 g/mol. The molecule has 0 amide bonds. The van der Waals surface area contributed by atoms with Gasteiger partial charge in [-0.05, 0) is 82.6 Å². The zero-order valence-electron chi connectivity index (χ0n) is 42.1. The second kappa shape index (κ2) is 45.9. The van der Waals surface area contributed by atoms with Crippen molar-refractivity contribution in [3.05, 3.63) is 0 Å². The fourth-order valence-corrected chi connectivity index (χ4v) is 9.50. The molecule has 2 unspecified atom stereocenters. The summed E-state index contributed by atoms with van der Waals surface area (Å²) in [7, 11) is 0. The van der Waals surface area contributed by atoms with E-state index in [1.807, 2.05) is 13.8 Å². The Labute approximate surface area is 377 Å². The van der Waals surface area contributed by atoms with Gasteiger partial charge in [-0.25, -0.2) is 0 Å². The van der Waals surface area contributed by atoms with Crippen LogP contribution in [0.4, 0.5) is 0 Å². The minimum atomic E-state index is 0.0885. The molecule has 0 aliphatic carbocycles. The second-order valence-corrected chi connectivity index (χ2v) is 19.0. The summed E-state index contributed by atoms with van der Waals surface area (Å²) in [5.41, 5.74) is 0. The molecule has 0 aromatic carbocycles. The number of esters is 2. The molecular formula is C55H109NO4. The molecule has 1 aliphatic heterocycles. The van der Waals surface area contributed by atoms with Gasteiger partial charge in [0.05, 0.1) is 25.0 Å². The Morgan fingerprint density at radius 3 is 1.05 bits per heavy atom. The second-order valence-electron chi connectivity index (χ2n) is 19.0. The standard InChI is InChI=1S/C53H103NO4.C2H6/c1-6-11-16-20-30-38-50(39-31-21-17-12-7-2)52(55)57-43-34-26-24-28-36-48-45-49(47-54(46-48)42-15-10-5)37-29-25-27-35-44-58-53(56)51(40-32-22-18-13-8-3)41-33-23-19-14-9-4;1-2/h48-51H,6-47H2,1-5H3;1-2H3. The molecule has 0 bridgehead atoms. The van der Waals surface area contributed by atoms with Crippen molar-refractivity contribution in [3.8, 4) is 0 Å². The Morgan fingerprint density at radius 2 is 0.717 bits per heavy atom. The third kappa shape index (κ3) is 35.4. The van der Waals surface area contributed by atoms with Crippen LogP contribution in [-0.2, 0) is 19.1 Å². The molecule has 1 heterocycles. The number of unbranched alkanes of at least 4 members (excludes halogenated alkanes) is 23. The van der Waals surface area contributed by atoms with E-state index in [0.717, 1.165) is 50.4 Å². The van der Waals surface area contributed by atoms with E-state index in [-0.39, 0.29) is 23.8 Å². The molecule has 1 fully saturated rings. The van der Waals surface area contributed by atoms with E-state index < -0.39 is 0 Å². The number of rotatable bonds is 43. The lowest BCUT2D eigenvalue weighted by Crippen LogP contribution is -2.41. The highest BCUT2D eigenvalue weighted by Gasteiger charge is 2.26. The number of carbonyl (C=O) groups excluding carboxylic acids is 2. The van der Waals surface area contributed by atoms with Gasteiger partial charge >= 0.3 is 11.9 Å². The van der Waals surface area contributed by atoms with Crippen LogP contribution in [0.15, 0.2) is 0 Å². The van der Waals surface area contributed by atoms with Crippen LogP contribution in [0.25, 0.3) is 0 Å². The molecule has 0 aromatic heterocycles. The van der Waals surface area contributed by atoms with Gasteiger partial charge in [-0.2, -0.15) is 0 Å². The van der Waals surface area contributed by atoms with E-state index >= 15 is 0 Å². The van der Waals surface area contributed by atoms with E-state index in [0.29, 0.717) is 13.2 Å². The van der Waals surface area contributed by atoms with Crippen molar-refractivity contribution < 1.29 is 19.1 Å². The first-order chi connectivity index (χ1) is 29.5. The number of hydrogen-bond acceptors (Lipinski definition) is 5. The minimum Gasteiger partial charge on any atom is -0.465 e. The van der Waals surface area contributed by atoms with Crippen LogP contribution in [0, 0.1) is 23.7 Å². The first kappa shape index (κ1) is 58.9. The summed E-state index contributed by atoms with van der Waals surface area (Å²) in [6.45, 7) is 20.4. The van der Waals surface area contributed by atoms with Crippen molar-refractivity contribution in [1.82, 2.24) is 4.90 Å². The van der Waals surface area contributed by atoms with Crippen molar-refractivity contribution in [3.63, 3.8) is 0 Å². The predicted octanol–water partition coefficient (Wildman–Crippen LogP) is 17.4. The predicted molar refractivity (Wildman–Crippen MR) is 263 cm³/mol. The molecule has 60 heavy (non-hydrogen) atoms. The third-order valence-corrected chi connectivity index (χ3v) is 13.3. The first-order valence-electron chi connectivity index (χ1n) is 27.5. The molecule has 2 atom stereocenters. The van der Waals surface area contributed by atoms with Gasteiger partial charge in [-0.3, -0.25) is 9.59 Å². The lowest BCUT2D eigenvalue weighted by atomic mass is 9.83. The Balaban J connectivity index is 0.0000171. The summed E-state index contributed by atoms with van der Waals surface area (Å²) < 4.78 is 11.8. The summed E-state index contributed by atoms with van der Waals surface area (Å²) >= 11 is 0. The zero-order valence-corrected chi connectivity index (χ0v) is 42.1. The van der Waals surface area contributed by atoms with Crippen LogP contribution in [0.3, 0.4) is 0 Å². The van der Waals surface area contributed by atoms with E-state index in [9.17, 15) is 9.59 Å². The topological polar surface area (TPSA) is 55.8 Å². The molecule has 0 saturated carbocycles. The Hall–Kier alpha value is -1.10. The molecular weight excluding hydrogens is 739 g/mol. The highest BCUT2D eigenvalue weighted by Crippen LogP contribution is 2.30. The van der Waals surface area contributed by atoms with Crippen molar-refractivity contribution in [2.75, 3.05) is 32.8 Å². The number of piperidine rings is 1. The van der Waals surface area contributed by atoms with Gasteiger partial charge in [0.1, 0.15) is 0 Å². The first-order valence-corrected chi connectivity index (χ1v) is 27.5. The molecule has 358 valence electrons. The maximum Gasteiger partial charge on any atom is 0.308 e.